The Hall–Kier alpha value is -2.13. The number of rotatable bonds is 6. The minimum Gasteiger partial charge on any atom is -0.324 e. The quantitative estimate of drug-likeness (QED) is 0.459. The number of nitrogens with zero attached hydrogens (tertiary/aromatic N) is 3. The minimum absolute atomic E-state index is 0.141. The number of nitro benzene ring substituents is 1. The van der Waals surface area contributed by atoms with E-state index in [9.17, 15) is 14.9 Å². The van der Waals surface area contributed by atoms with Crippen LogP contribution in [-0.4, -0.2) is 31.3 Å². The molecule has 2 aromatic rings. The molecule has 1 amide bonds. The molecule has 1 saturated carbocycles. The van der Waals surface area contributed by atoms with Crippen molar-refractivity contribution in [2.45, 2.75) is 36.1 Å². The van der Waals surface area contributed by atoms with E-state index in [0.717, 1.165) is 18.7 Å². The average Bonchev–Trinajstić information content (AvgIpc) is 3.29. The van der Waals surface area contributed by atoms with E-state index in [1.807, 2.05) is 0 Å². The van der Waals surface area contributed by atoms with Crippen LogP contribution in [-0.2, 0) is 4.79 Å². The summed E-state index contributed by atoms with van der Waals surface area (Å²) in [5.41, 5.74) is 0.0648. The standard InChI is InChI=1S/C14H14ClN5O3S/c1-7(24-14-17-12(18-19-14)8-2-3-8)13(21)16-11-6-9(20(22)23)4-5-10(11)15/h4-8H,2-3H2,1H3,(H,16,21)(H,17,18,19). The Balaban J connectivity index is 1.65. The zero-order valence-corrected chi connectivity index (χ0v) is 14.2. The van der Waals surface area contributed by atoms with Crippen molar-refractivity contribution >= 4 is 40.6 Å². The number of anilines is 1. The van der Waals surface area contributed by atoms with Gasteiger partial charge in [0, 0.05) is 18.1 Å². The number of non-ortho nitro benzene ring substituents is 1. The molecule has 2 N–H and O–H groups in total. The number of hydrogen-bond donors (Lipinski definition) is 2. The number of thioether (sulfide) groups is 1. The zero-order valence-electron chi connectivity index (χ0n) is 12.7. The monoisotopic (exact) mass is 367 g/mol. The van der Waals surface area contributed by atoms with Crippen LogP contribution in [0.3, 0.4) is 0 Å². The van der Waals surface area contributed by atoms with Gasteiger partial charge in [0.15, 0.2) is 0 Å². The van der Waals surface area contributed by atoms with Crippen LogP contribution in [0.2, 0.25) is 5.02 Å². The van der Waals surface area contributed by atoms with Crippen LogP contribution in [0.4, 0.5) is 11.4 Å². The third-order valence-electron chi connectivity index (χ3n) is 3.52. The van der Waals surface area contributed by atoms with E-state index in [0.29, 0.717) is 11.1 Å². The highest BCUT2D eigenvalue weighted by Gasteiger charge is 2.28. The third-order valence-corrected chi connectivity index (χ3v) is 4.81. The lowest BCUT2D eigenvalue weighted by Crippen LogP contribution is -2.22. The highest BCUT2D eigenvalue weighted by atomic mass is 35.5. The van der Waals surface area contributed by atoms with Gasteiger partial charge in [0.25, 0.3) is 5.69 Å². The van der Waals surface area contributed by atoms with Crippen molar-refractivity contribution in [2.24, 2.45) is 0 Å². The average molecular weight is 368 g/mol. The fourth-order valence-corrected chi connectivity index (χ4v) is 2.92. The number of benzene rings is 1. The maximum atomic E-state index is 12.3. The van der Waals surface area contributed by atoms with Gasteiger partial charge in [0.05, 0.1) is 20.9 Å². The van der Waals surface area contributed by atoms with Gasteiger partial charge in [-0.2, -0.15) is 0 Å². The van der Waals surface area contributed by atoms with Crippen molar-refractivity contribution in [3.63, 3.8) is 0 Å². The Morgan fingerprint density at radius 1 is 1.54 bits per heavy atom. The summed E-state index contributed by atoms with van der Waals surface area (Å²) in [6.45, 7) is 1.71. The summed E-state index contributed by atoms with van der Waals surface area (Å²) in [6, 6.07) is 3.89. The molecule has 3 rings (SSSR count). The molecule has 0 bridgehead atoms. The molecule has 1 heterocycles. The summed E-state index contributed by atoms with van der Waals surface area (Å²) in [5.74, 6) is 0.978. The molecule has 1 aliphatic rings. The molecular formula is C14H14ClN5O3S. The van der Waals surface area contributed by atoms with E-state index < -0.39 is 10.2 Å². The second-order valence-electron chi connectivity index (χ2n) is 5.45. The lowest BCUT2D eigenvalue weighted by molar-refractivity contribution is -0.384. The van der Waals surface area contributed by atoms with Crippen LogP contribution in [0.15, 0.2) is 23.4 Å². The van der Waals surface area contributed by atoms with Gasteiger partial charge in [-0.1, -0.05) is 23.4 Å². The highest BCUT2D eigenvalue weighted by molar-refractivity contribution is 8.00. The second kappa shape index (κ2) is 6.78. The highest BCUT2D eigenvalue weighted by Crippen LogP contribution is 2.38. The summed E-state index contributed by atoms with van der Waals surface area (Å²) in [4.78, 5) is 26.9. The van der Waals surface area contributed by atoms with Gasteiger partial charge in [-0.25, -0.2) is 4.98 Å². The number of H-pyrrole nitrogens is 1. The molecule has 0 saturated heterocycles. The molecule has 0 radical (unpaired) electrons. The SMILES string of the molecule is CC(Sc1n[nH]c(C2CC2)n1)C(=O)Nc1cc([N+](=O)[O-])ccc1Cl. The van der Waals surface area contributed by atoms with Crippen LogP contribution in [0.1, 0.15) is 31.5 Å². The van der Waals surface area contributed by atoms with Crippen molar-refractivity contribution in [1.29, 1.82) is 0 Å². The van der Waals surface area contributed by atoms with Gasteiger partial charge in [-0.3, -0.25) is 20.0 Å². The number of carbonyl (C=O) groups is 1. The Labute approximate surface area is 146 Å². The predicted octanol–water partition coefficient (Wildman–Crippen LogP) is 3.36. The molecule has 0 spiro atoms. The number of aromatic amines is 1. The minimum atomic E-state index is -0.544. The molecule has 126 valence electrons. The summed E-state index contributed by atoms with van der Waals surface area (Å²) in [7, 11) is 0. The molecule has 1 atom stereocenters. The van der Waals surface area contributed by atoms with Crippen LogP contribution >= 0.6 is 23.4 Å². The second-order valence-corrected chi connectivity index (χ2v) is 7.16. The van der Waals surface area contributed by atoms with Crippen molar-refractivity contribution in [2.75, 3.05) is 5.32 Å². The predicted molar refractivity (Wildman–Crippen MR) is 90.4 cm³/mol. The number of nitro groups is 1. The van der Waals surface area contributed by atoms with E-state index in [1.165, 1.54) is 30.0 Å². The van der Waals surface area contributed by atoms with Gasteiger partial charge >= 0.3 is 0 Å². The third kappa shape index (κ3) is 3.85. The summed E-state index contributed by atoms with van der Waals surface area (Å²) < 4.78 is 0. The Bertz CT molecular complexity index is 792. The molecule has 1 aromatic heterocycles. The van der Waals surface area contributed by atoms with E-state index in [4.69, 9.17) is 11.6 Å². The van der Waals surface area contributed by atoms with Gasteiger partial charge < -0.3 is 5.32 Å². The molecule has 0 aliphatic heterocycles. The lowest BCUT2D eigenvalue weighted by atomic mass is 10.2. The summed E-state index contributed by atoms with van der Waals surface area (Å²) >= 11 is 7.19. The van der Waals surface area contributed by atoms with Crippen LogP contribution < -0.4 is 5.32 Å². The number of nitrogens with one attached hydrogen (secondary N) is 2. The van der Waals surface area contributed by atoms with Crippen molar-refractivity contribution in [1.82, 2.24) is 15.2 Å². The summed E-state index contributed by atoms with van der Waals surface area (Å²) in [5, 5.41) is 20.7. The Kier molecular flexibility index (Phi) is 4.72. The van der Waals surface area contributed by atoms with E-state index in [1.54, 1.807) is 6.92 Å². The van der Waals surface area contributed by atoms with Gasteiger partial charge in [0.2, 0.25) is 11.1 Å². The molecule has 1 fully saturated rings. The molecular weight excluding hydrogens is 354 g/mol. The van der Waals surface area contributed by atoms with E-state index >= 15 is 0 Å². The van der Waals surface area contributed by atoms with Gasteiger partial charge in [-0.15, -0.1) is 5.10 Å². The van der Waals surface area contributed by atoms with E-state index in [-0.39, 0.29) is 22.3 Å². The zero-order chi connectivity index (χ0) is 17.3. The van der Waals surface area contributed by atoms with Crippen LogP contribution in [0.5, 0.6) is 0 Å². The molecule has 8 nitrogen and oxygen atoms in total. The maximum Gasteiger partial charge on any atom is 0.271 e. The fraction of sp³-hybridized carbons (Fsp3) is 0.357. The molecule has 10 heteroatoms. The first-order valence-electron chi connectivity index (χ1n) is 7.28. The Morgan fingerprint density at radius 3 is 2.96 bits per heavy atom. The number of amides is 1. The smallest absolute Gasteiger partial charge is 0.271 e. The number of hydrogen-bond acceptors (Lipinski definition) is 6. The fourth-order valence-electron chi connectivity index (χ4n) is 2.02. The summed E-state index contributed by atoms with van der Waals surface area (Å²) in [6.07, 6.45) is 2.22. The molecule has 24 heavy (non-hydrogen) atoms. The van der Waals surface area contributed by atoms with Gasteiger partial charge in [-0.05, 0) is 25.8 Å². The maximum absolute atomic E-state index is 12.3. The van der Waals surface area contributed by atoms with Crippen molar-refractivity contribution in [3.05, 3.63) is 39.2 Å². The van der Waals surface area contributed by atoms with E-state index in [2.05, 4.69) is 20.5 Å². The van der Waals surface area contributed by atoms with Crippen molar-refractivity contribution < 1.29 is 9.72 Å². The van der Waals surface area contributed by atoms with Gasteiger partial charge in [0.1, 0.15) is 5.82 Å². The molecule has 1 aliphatic carbocycles. The largest absolute Gasteiger partial charge is 0.324 e. The van der Waals surface area contributed by atoms with Crippen molar-refractivity contribution in [3.8, 4) is 0 Å². The lowest BCUT2D eigenvalue weighted by Gasteiger charge is -2.11. The first-order valence-corrected chi connectivity index (χ1v) is 8.53. The van der Waals surface area contributed by atoms with Crippen LogP contribution in [0, 0.1) is 10.1 Å². The molecule has 1 aromatic carbocycles. The number of carbonyl (C=O) groups excluding carboxylic acids is 1. The Morgan fingerprint density at radius 2 is 2.29 bits per heavy atom. The molecule has 1 unspecified atom stereocenters. The number of halogens is 1. The number of aromatic nitrogens is 3. The first-order chi connectivity index (χ1) is 11.4. The normalized spacial score (nSPS) is 15.1. The first kappa shape index (κ1) is 16.7. The van der Waals surface area contributed by atoms with Crippen LogP contribution in [0.25, 0.3) is 0 Å². The topological polar surface area (TPSA) is 114 Å².